The van der Waals surface area contributed by atoms with Crippen molar-refractivity contribution in [1.82, 2.24) is 0 Å². The van der Waals surface area contributed by atoms with Gasteiger partial charge in [-0.05, 0) is 37.1 Å². The molecule has 1 aliphatic heterocycles. The van der Waals surface area contributed by atoms with Crippen LogP contribution in [0.2, 0.25) is 0 Å². The molecule has 2 rings (SSSR count). The Hall–Kier alpha value is -1.22. The first-order valence-corrected chi connectivity index (χ1v) is 6.40. The van der Waals surface area contributed by atoms with E-state index in [2.05, 4.69) is 16.9 Å². The van der Waals surface area contributed by atoms with Crippen LogP contribution in [0.25, 0.3) is 10.4 Å². The number of hydrogen-bond acceptors (Lipinski definition) is 3. The first kappa shape index (κ1) is 12.2. The summed E-state index contributed by atoms with van der Waals surface area (Å²) < 4.78 is 5.32. The van der Waals surface area contributed by atoms with Gasteiger partial charge in [0.2, 0.25) is 0 Å². The van der Waals surface area contributed by atoms with Gasteiger partial charge in [-0.1, -0.05) is 18.5 Å². The molecule has 1 unspecified atom stereocenters. The van der Waals surface area contributed by atoms with Crippen molar-refractivity contribution in [3.8, 4) is 0 Å². The molecule has 2 aliphatic rings. The van der Waals surface area contributed by atoms with E-state index in [0.717, 1.165) is 18.8 Å². The fraction of sp³-hybridized carbons (Fsp3) is 0.917. The topological polar surface area (TPSA) is 75.1 Å². The molecule has 94 valence electrons. The second kappa shape index (κ2) is 4.96. The molecule has 1 atom stereocenters. The third-order valence-electron chi connectivity index (χ3n) is 4.44. The Morgan fingerprint density at radius 2 is 2.24 bits per heavy atom. The van der Waals surface area contributed by atoms with Crippen LogP contribution in [0.15, 0.2) is 5.11 Å². The summed E-state index contributed by atoms with van der Waals surface area (Å²) in [6, 6.07) is 0. The number of carbonyl (C=O) groups is 1. The third-order valence-corrected chi connectivity index (χ3v) is 4.44. The van der Waals surface area contributed by atoms with E-state index < -0.39 is 0 Å². The summed E-state index contributed by atoms with van der Waals surface area (Å²) in [5, 5.41) is 3.58. The van der Waals surface area contributed by atoms with Gasteiger partial charge in [-0.2, -0.15) is 0 Å². The molecule has 1 heterocycles. The number of carbonyl (C=O) groups excluding carboxylic acids is 1. The summed E-state index contributed by atoms with van der Waals surface area (Å²) in [7, 11) is 0. The molecule has 0 radical (unpaired) electrons. The molecule has 1 saturated carbocycles. The summed E-state index contributed by atoms with van der Waals surface area (Å²) in [6.45, 7) is 2.51. The van der Waals surface area contributed by atoms with Gasteiger partial charge in [0.1, 0.15) is 6.10 Å². The van der Waals surface area contributed by atoms with E-state index >= 15 is 0 Å². The molecule has 17 heavy (non-hydrogen) atoms. The number of hydrogen-bond donors (Lipinski definition) is 0. The predicted molar refractivity (Wildman–Crippen MR) is 63.2 cm³/mol. The van der Waals surface area contributed by atoms with E-state index in [1.807, 2.05) is 0 Å². The monoisotopic (exact) mass is 237 g/mol. The lowest BCUT2D eigenvalue weighted by molar-refractivity contribution is -0.141. The summed E-state index contributed by atoms with van der Waals surface area (Å²) in [4.78, 5) is 14.3. The molecule has 0 N–H and O–H groups in total. The number of cyclic esters (lactones) is 1. The Labute approximate surface area is 101 Å². The fourth-order valence-electron chi connectivity index (χ4n) is 3.23. The minimum atomic E-state index is -0.191. The maximum Gasteiger partial charge on any atom is 0.306 e. The van der Waals surface area contributed by atoms with Crippen molar-refractivity contribution in [1.29, 1.82) is 0 Å². The molecule has 1 saturated heterocycles. The van der Waals surface area contributed by atoms with E-state index in [0.29, 0.717) is 13.0 Å². The molecule has 1 spiro atoms. The summed E-state index contributed by atoms with van der Waals surface area (Å²) >= 11 is 0. The third kappa shape index (κ3) is 2.39. The lowest BCUT2D eigenvalue weighted by atomic mass is 9.66. The zero-order valence-electron chi connectivity index (χ0n) is 10.3. The Balaban J connectivity index is 2.06. The summed E-state index contributed by atoms with van der Waals surface area (Å²) in [5.74, 6) is 0.662. The van der Waals surface area contributed by atoms with Gasteiger partial charge in [0.15, 0.2) is 0 Å². The van der Waals surface area contributed by atoms with Gasteiger partial charge < -0.3 is 4.74 Å². The predicted octanol–water partition coefficient (Wildman–Crippen LogP) is 3.20. The van der Waals surface area contributed by atoms with Crippen LogP contribution >= 0.6 is 0 Å². The van der Waals surface area contributed by atoms with E-state index in [-0.39, 0.29) is 17.5 Å². The van der Waals surface area contributed by atoms with Crippen LogP contribution in [-0.2, 0) is 9.53 Å². The zero-order chi connectivity index (χ0) is 12.3. The van der Waals surface area contributed by atoms with Gasteiger partial charge >= 0.3 is 5.97 Å². The van der Waals surface area contributed by atoms with Gasteiger partial charge in [0, 0.05) is 10.3 Å². The molecular weight excluding hydrogens is 218 g/mol. The number of esters is 1. The van der Waals surface area contributed by atoms with Crippen molar-refractivity contribution >= 4 is 5.97 Å². The molecule has 0 bridgehead atoms. The first-order valence-electron chi connectivity index (χ1n) is 6.40. The molecular formula is C12H19N3O2. The Morgan fingerprint density at radius 1 is 1.53 bits per heavy atom. The van der Waals surface area contributed by atoms with Crippen molar-refractivity contribution in [2.75, 3.05) is 6.54 Å². The van der Waals surface area contributed by atoms with E-state index in [4.69, 9.17) is 10.3 Å². The second-order valence-corrected chi connectivity index (χ2v) is 5.28. The number of azide groups is 1. The fourth-order valence-corrected chi connectivity index (χ4v) is 3.23. The normalized spacial score (nSPS) is 36.6. The number of nitrogens with zero attached hydrogens (tertiary/aromatic N) is 3. The van der Waals surface area contributed by atoms with Crippen molar-refractivity contribution < 1.29 is 9.53 Å². The van der Waals surface area contributed by atoms with Crippen molar-refractivity contribution in [3.63, 3.8) is 0 Å². The Bertz CT molecular complexity index is 342. The van der Waals surface area contributed by atoms with Crippen LogP contribution in [-0.4, -0.2) is 18.6 Å². The molecule has 1 aliphatic carbocycles. The highest BCUT2D eigenvalue weighted by Gasteiger charge is 2.49. The van der Waals surface area contributed by atoms with E-state index in [1.165, 1.54) is 19.3 Å². The van der Waals surface area contributed by atoms with Crippen LogP contribution in [0.1, 0.15) is 45.4 Å². The highest BCUT2D eigenvalue weighted by Crippen LogP contribution is 2.49. The standard InChI is InChI=1S/C12H19N3O2/c1-2-9-3-5-12(6-4-9)7-11(16)17-10(12)8-14-15-13/h9-10H,2-8H2,1H3. The van der Waals surface area contributed by atoms with Gasteiger partial charge in [0.25, 0.3) is 0 Å². The van der Waals surface area contributed by atoms with Crippen LogP contribution in [0, 0.1) is 11.3 Å². The van der Waals surface area contributed by atoms with E-state index in [9.17, 15) is 4.79 Å². The molecule has 0 amide bonds. The average molecular weight is 237 g/mol. The largest absolute Gasteiger partial charge is 0.462 e. The molecule has 2 fully saturated rings. The Kier molecular flexibility index (Phi) is 3.57. The van der Waals surface area contributed by atoms with Crippen molar-refractivity contribution in [3.05, 3.63) is 10.4 Å². The molecule has 0 aromatic carbocycles. The van der Waals surface area contributed by atoms with Crippen LogP contribution in [0.5, 0.6) is 0 Å². The first-order chi connectivity index (χ1) is 8.20. The maximum absolute atomic E-state index is 11.5. The average Bonchev–Trinajstić information content (AvgIpc) is 2.64. The maximum atomic E-state index is 11.5. The second-order valence-electron chi connectivity index (χ2n) is 5.28. The van der Waals surface area contributed by atoms with Crippen molar-refractivity contribution in [2.45, 2.75) is 51.6 Å². The highest BCUT2D eigenvalue weighted by molar-refractivity contribution is 5.73. The van der Waals surface area contributed by atoms with Crippen LogP contribution in [0.3, 0.4) is 0 Å². The highest BCUT2D eigenvalue weighted by atomic mass is 16.6. The molecule has 5 heteroatoms. The summed E-state index contributed by atoms with van der Waals surface area (Å²) in [6.07, 6.45) is 5.93. The van der Waals surface area contributed by atoms with Crippen LogP contribution < -0.4 is 0 Å². The minimum absolute atomic E-state index is 0.0447. The molecule has 0 aromatic heterocycles. The number of rotatable bonds is 3. The van der Waals surface area contributed by atoms with Crippen LogP contribution in [0.4, 0.5) is 0 Å². The van der Waals surface area contributed by atoms with Gasteiger partial charge in [0.05, 0.1) is 13.0 Å². The smallest absolute Gasteiger partial charge is 0.306 e. The lowest BCUT2D eigenvalue weighted by Crippen LogP contribution is -2.36. The van der Waals surface area contributed by atoms with Gasteiger partial charge in [-0.25, -0.2) is 0 Å². The van der Waals surface area contributed by atoms with Crippen molar-refractivity contribution in [2.24, 2.45) is 16.4 Å². The SMILES string of the molecule is CCC1CCC2(CC1)CC(=O)OC2CN=[N+]=[N-]. The zero-order valence-corrected chi connectivity index (χ0v) is 10.3. The molecule has 5 nitrogen and oxygen atoms in total. The number of ether oxygens (including phenoxy) is 1. The van der Waals surface area contributed by atoms with Gasteiger partial charge in [-0.3, -0.25) is 4.79 Å². The lowest BCUT2D eigenvalue weighted by Gasteiger charge is -2.38. The summed E-state index contributed by atoms with van der Waals surface area (Å²) in [5.41, 5.74) is 8.33. The van der Waals surface area contributed by atoms with E-state index in [1.54, 1.807) is 0 Å². The minimum Gasteiger partial charge on any atom is -0.462 e. The van der Waals surface area contributed by atoms with Gasteiger partial charge in [-0.15, -0.1) is 0 Å². The Morgan fingerprint density at radius 3 is 2.82 bits per heavy atom. The quantitative estimate of drug-likeness (QED) is 0.327. The molecule has 0 aromatic rings.